The van der Waals surface area contributed by atoms with Crippen LogP contribution in [-0.2, 0) is 10.0 Å². The van der Waals surface area contributed by atoms with E-state index >= 15 is 0 Å². The Morgan fingerprint density at radius 1 is 0.871 bits per heavy atom. The topological polar surface area (TPSA) is 103 Å². The van der Waals surface area contributed by atoms with Crippen molar-refractivity contribution in [3.63, 3.8) is 0 Å². The van der Waals surface area contributed by atoms with Gasteiger partial charge in [-0.05, 0) is 42.5 Å². The first-order chi connectivity index (χ1) is 14.9. The van der Waals surface area contributed by atoms with Crippen molar-refractivity contribution in [1.82, 2.24) is 0 Å². The van der Waals surface area contributed by atoms with Crippen molar-refractivity contribution in [3.05, 3.63) is 77.9 Å². The van der Waals surface area contributed by atoms with E-state index < -0.39 is 16.0 Å². The molecule has 158 valence electrons. The number of nitrogens with zero attached hydrogens (tertiary/aromatic N) is 1. The molecule has 31 heavy (non-hydrogen) atoms. The Bertz CT molecular complexity index is 1300. The normalized spacial score (nSPS) is 13.7. The number of para-hydroxylation sites is 2. The number of rotatable bonds is 5. The minimum atomic E-state index is -3.78. The summed E-state index contributed by atoms with van der Waals surface area (Å²) in [7, 11) is -0.802. The number of nitrogens with one attached hydrogen (secondary N) is 1. The van der Waals surface area contributed by atoms with Crippen LogP contribution in [0.1, 0.15) is 15.9 Å². The molecule has 9 heteroatoms. The van der Waals surface area contributed by atoms with Gasteiger partial charge in [-0.1, -0.05) is 24.3 Å². The highest BCUT2D eigenvalue weighted by molar-refractivity contribution is 7.90. The summed E-state index contributed by atoms with van der Waals surface area (Å²) in [5.41, 5.74) is 1.10. The van der Waals surface area contributed by atoms with E-state index in [-0.39, 0.29) is 22.0 Å². The van der Waals surface area contributed by atoms with Gasteiger partial charge in [-0.2, -0.15) is 8.42 Å². The lowest BCUT2D eigenvalue weighted by atomic mass is 10.2. The fraction of sp³-hybridized carbons (Fsp3) is 0.0909. The molecule has 0 saturated carbocycles. The van der Waals surface area contributed by atoms with Gasteiger partial charge in [0.2, 0.25) is 0 Å². The van der Waals surface area contributed by atoms with Crippen LogP contribution in [0, 0.1) is 0 Å². The monoisotopic (exact) mass is 438 g/mol. The van der Waals surface area contributed by atoms with Gasteiger partial charge in [0.05, 0.1) is 25.5 Å². The largest absolute Gasteiger partial charge is 0.493 e. The molecule has 0 amide bonds. The minimum Gasteiger partial charge on any atom is -0.493 e. The maximum absolute atomic E-state index is 12.7. The van der Waals surface area contributed by atoms with Gasteiger partial charge in [-0.25, -0.2) is 4.79 Å². The summed E-state index contributed by atoms with van der Waals surface area (Å²) in [5.74, 6) is 0.638. The van der Waals surface area contributed by atoms with Crippen LogP contribution in [-0.4, -0.2) is 34.4 Å². The van der Waals surface area contributed by atoms with E-state index in [1.165, 1.54) is 26.4 Å². The summed E-state index contributed by atoms with van der Waals surface area (Å²) in [4.78, 5) is 12.8. The van der Waals surface area contributed by atoms with Crippen molar-refractivity contribution < 1.29 is 27.4 Å². The Morgan fingerprint density at radius 3 is 2.35 bits per heavy atom. The maximum atomic E-state index is 12.7. The molecule has 0 atom stereocenters. The molecule has 0 aromatic heterocycles. The number of methoxy groups -OCH3 is 2. The van der Waals surface area contributed by atoms with E-state index in [2.05, 4.69) is 9.71 Å². The SMILES string of the molecule is COc1ccc(C(=O)Oc2ccccc2NC2=NS(=O)(=O)c3ccccc32)cc1OC. The standard InChI is InChI=1S/C22H18N2O6S/c1-28-18-12-11-14(13-19(18)29-2)22(25)30-17-9-5-4-8-16(17)23-21-15-7-3-6-10-20(15)31(26,27)24-21/h3-13H,1-2H3,(H,23,24). The van der Waals surface area contributed by atoms with E-state index in [1.54, 1.807) is 54.6 Å². The number of sulfonamides is 1. The van der Waals surface area contributed by atoms with E-state index in [1.807, 2.05) is 0 Å². The van der Waals surface area contributed by atoms with Crippen molar-refractivity contribution in [1.29, 1.82) is 0 Å². The first-order valence-electron chi connectivity index (χ1n) is 9.17. The molecule has 0 saturated heterocycles. The number of hydrogen-bond acceptors (Lipinski definition) is 7. The quantitative estimate of drug-likeness (QED) is 0.480. The zero-order valence-corrected chi connectivity index (χ0v) is 17.5. The highest BCUT2D eigenvalue weighted by Gasteiger charge is 2.29. The molecule has 0 aliphatic carbocycles. The molecular weight excluding hydrogens is 420 g/mol. The van der Waals surface area contributed by atoms with Crippen LogP contribution < -0.4 is 19.5 Å². The second-order valence-corrected chi connectivity index (χ2v) is 8.06. The number of esters is 1. The number of carbonyl (C=O) groups excluding carboxylic acids is 1. The third-order valence-corrected chi connectivity index (χ3v) is 5.93. The number of ether oxygens (including phenoxy) is 3. The summed E-state index contributed by atoms with van der Waals surface area (Å²) in [6.07, 6.45) is 0. The van der Waals surface area contributed by atoms with Gasteiger partial charge in [0.25, 0.3) is 10.0 Å². The van der Waals surface area contributed by atoms with Crippen LogP contribution in [0.2, 0.25) is 0 Å². The van der Waals surface area contributed by atoms with E-state index in [4.69, 9.17) is 14.2 Å². The number of benzene rings is 3. The Hall–Kier alpha value is -3.85. The van der Waals surface area contributed by atoms with Crippen LogP contribution in [0.4, 0.5) is 5.69 Å². The zero-order chi connectivity index (χ0) is 22.0. The van der Waals surface area contributed by atoms with Crippen molar-refractivity contribution in [2.24, 2.45) is 4.40 Å². The molecule has 0 spiro atoms. The molecule has 0 fully saturated rings. The van der Waals surface area contributed by atoms with Gasteiger partial charge in [0.1, 0.15) is 4.90 Å². The summed E-state index contributed by atoms with van der Waals surface area (Å²) in [5, 5.41) is 2.97. The molecule has 3 aromatic carbocycles. The molecule has 1 aliphatic rings. The fourth-order valence-corrected chi connectivity index (χ4v) is 4.28. The number of hydrogen-bond donors (Lipinski definition) is 1. The summed E-state index contributed by atoms with van der Waals surface area (Å²) >= 11 is 0. The molecule has 1 heterocycles. The number of amidine groups is 1. The minimum absolute atomic E-state index is 0.123. The van der Waals surface area contributed by atoms with E-state index in [0.29, 0.717) is 22.7 Å². The Balaban J connectivity index is 1.61. The van der Waals surface area contributed by atoms with Gasteiger partial charge < -0.3 is 19.5 Å². The van der Waals surface area contributed by atoms with Gasteiger partial charge in [0.15, 0.2) is 23.1 Å². The zero-order valence-electron chi connectivity index (χ0n) is 16.7. The molecule has 0 unspecified atom stereocenters. The number of anilines is 1. The molecule has 1 aliphatic heterocycles. The summed E-state index contributed by atoms with van der Waals surface area (Å²) in [6.45, 7) is 0. The fourth-order valence-electron chi connectivity index (χ4n) is 3.10. The Morgan fingerprint density at radius 2 is 1.58 bits per heavy atom. The highest BCUT2D eigenvalue weighted by atomic mass is 32.2. The van der Waals surface area contributed by atoms with Crippen molar-refractivity contribution in [2.45, 2.75) is 4.90 Å². The average molecular weight is 438 g/mol. The molecule has 0 radical (unpaired) electrons. The highest BCUT2D eigenvalue weighted by Crippen LogP contribution is 2.31. The van der Waals surface area contributed by atoms with Crippen LogP contribution in [0.25, 0.3) is 0 Å². The van der Waals surface area contributed by atoms with Crippen LogP contribution in [0.5, 0.6) is 17.2 Å². The van der Waals surface area contributed by atoms with Crippen LogP contribution >= 0.6 is 0 Å². The molecule has 0 bridgehead atoms. The molecular formula is C22H18N2O6S. The second kappa shape index (κ2) is 8.11. The number of carbonyl (C=O) groups is 1. The predicted octanol–water partition coefficient (Wildman–Crippen LogP) is 3.48. The third kappa shape index (κ3) is 3.95. The van der Waals surface area contributed by atoms with Gasteiger partial charge in [0, 0.05) is 5.56 Å². The second-order valence-electron chi connectivity index (χ2n) is 6.49. The summed E-state index contributed by atoms with van der Waals surface area (Å²) in [6, 6.07) is 17.9. The average Bonchev–Trinajstić information content (AvgIpc) is 3.04. The lowest BCUT2D eigenvalue weighted by molar-refractivity contribution is 0.0735. The van der Waals surface area contributed by atoms with Crippen molar-refractivity contribution in [3.8, 4) is 17.2 Å². The van der Waals surface area contributed by atoms with Crippen LogP contribution in [0.3, 0.4) is 0 Å². The van der Waals surface area contributed by atoms with Gasteiger partial charge in [-0.15, -0.1) is 4.40 Å². The molecule has 3 aromatic rings. The first-order valence-corrected chi connectivity index (χ1v) is 10.6. The van der Waals surface area contributed by atoms with Gasteiger partial charge in [-0.3, -0.25) is 0 Å². The predicted molar refractivity (Wildman–Crippen MR) is 115 cm³/mol. The molecule has 1 N–H and O–H groups in total. The van der Waals surface area contributed by atoms with Crippen molar-refractivity contribution >= 4 is 27.5 Å². The lowest BCUT2D eigenvalue weighted by Gasteiger charge is -2.13. The maximum Gasteiger partial charge on any atom is 0.343 e. The van der Waals surface area contributed by atoms with Crippen LogP contribution in [0.15, 0.2) is 76.0 Å². The molecule has 8 nitrogen and oxygen atoms in total. The first kappa shape index (κ1) is 20.4. The van der Waals surface area contributed by atoms with Gasteiger partial charge >= 0.3 is 5.97 Å². The van der Waals surface area contributed by atoms with E-state index in [9.17, 15) is 13.2 Å². The smallest absolute Gasteiger partial charge is 0.343 e. The lowest BCUT2D eigenvalue weighted by Crippen LogP contribution is -2.14. The third-order valence-electron chi connectivity index (χ3n) is 4.59. The molecule has 4 rings (SSSR count). The number of fused-ring (bicyclic) bond motifs is 1. The van der Waals surface area contributed by atoms with Crippen molar-refractivity contribution in [2.75, 3.05) is 19.5 Å². The summed E-state index contributed by atoms with van der Waals surface area (Å²) < 4.78 is 44.3. The van der Waals surface area contributed by atoms with E-state index in [0.717, 1.165) is 0 Å². The Kier molecular flexibility index (Phi) is 5.35. The Labute approximate surface area is 179 Å².